The van der Waals surface area contributed by atoms with Crippen molar-refractivity contribution >= 4 is 23.5 Å². The second-order valence-corrected chi connectivity index (χ2v) is 3.25. The number of anilines is 1. The first-order chi connectivity index (χ1) is 7.90. The summed E-state index contributed by atoms with van der Waals surface area (Å²) in [5.74, 6) is -2.92. The molecule has 1 amide bonds. The summed E-state index contributed by atoms with van der Waals surface area (Å²) in [6.45, 7) is 2.29. The third kappa shape index (κ3) is 3.67. The molecule has 0 fully saturated rings. The molecule has 0 unspecified atom stereocenters. The van der Waals surface area contributed by atoms with Crippen LogP contribution in [-0.4, -0.2) is 17.8 Å². The molecule has 0 saturated carbocycles. The Hall–Kier alpha value is -2.24. The number of ether oxygens (including phenoxy) is 1. The van der Waals surface area contributed by atoms with Crippen molar-refractivity contribution in [2.45, 2.75) is 13.8 Å². The number of hydrogen-bond acceptors (Lipinski definition) is 4. The Kier molecular flexibility index (Phi) is 3.92. The molecule has 0 aliphatic carbocycles. The minimum absolute atomic E-state index is 0.0881. The quantitative estimate of drug-likeness (QED) is 0.626. The summed E-state index contributed by atoms with van der Waals surface area (Å²) in [6.07, 6.45) is 0. The number of nitrogens with one attached hydrogen (secondary N) is 1. The molecule has 5 nitrogen and oxygen atoms in total. The molecule has 6 heteroatoms. The molecule has 0 aliphatic heterocycles. The second kappa shape index (κ2) is 5.20. The van der Waals surface area contributed by atoms with E-state index in [1.54, 1.807) is 0 Å². The zero-order valence-electron chi connectivity index (χ0n) is 9.24. The lowest BCUT2D eigenvalue weighted by Crippen LogP contribution is -2.15. The number of amides is 1. The van der Waals surface area contributed by atoms with Gasteiger partial charge >= 0.3 is 11.9 Å². The minimum Gasteiger partial charge on any atom is -0.390 e. The van der Waals surface area contributed by atoms with Gasteiger partial charge < -0.3 is 10.1 Å². The predicted molar refractivity (Wildman–Crippen MR) is 56.8 cm³/mol. The largest absolute Gasteiger partial charge is 0.390 e. The summed E-state index contributed by atoms with van der Waals surface area (Å²) in [5, 5.41) is 2.34. The van der Waals surface area contributed by atoms with E-state index >= 15 is 0 Å². The summed E-state index contributed by atoms with van der Waals surface area (Å²) < 4.78 is 17.3. The van der Waals surface area contributed by atoms with Crippen molar-refractivity contribution in [2.75, 3.05) is 5.32 Å². The van der Waals surface area contributed by atoms with Crippen molar-refractivity contribution in [3.63, 3.8) is 0 Å². The first kappa shape index (κ1) is 12.8. The fraction of sp³-hybridized carbons (Fsp3) is 0.182. The normalized spacial score (nSPS) is 9.59. The van der Waals surface area contributed by atoms with Gasteiger partial charge in [-0.25, -0.2) is 9.18 Å². The van der Waals surface area contributed by atoms with Crippen molar-refractivity contribution < 1.29 is 23.5 Å². The van der Waals surface area contributed by atoms with Gasteiger partial charge in [-0.15, -0.1) is 0 Å². The number of carbonyl (C=O) groups excluding carboxylic acids is 3. The van der Waals surface area contributed by atoms with E-state index in [9.17, 15) is 18.8 Å². The van der Waals surface area contributed by atoms with E-state index in [0.29, 0.717) is 0 Å². The van der Waals surface area contributed by atoms with Crippen LogP contribution >= 0.6 is 0 Å². The van der Waals surface area contributed by atoms with Gasteiger partial charge in [0, 0.05) is 13.8 Å². The number of halogens is 1. The Bertz CT molecular complexity index is 484. The lowest BCUT2D eigenvalue weighted by Gasteiger charge is -2.08. The van der Waals surface area contributed by atoms with Gasteiger partial charge in [0.05, 0.1) is 11.3 Å². The van der Waals surface area contributed by atoms with E-state index in [4.69, 9.17) is 0 Å². The zero-order chi connectivity index (χ0) is 13.0. The van der Waals surface area contributed by atoms with E-state index < -0.39 is 23.7 Å². The highest BCUT2D eigenvalue weighted by molar-refractivity contribution is 6.03. The number of hydrogen-bond donors (Lipinski definition) is 1. The molecule has 0 aromatic heterocycles. The Balaban J connectivity index is 3.10. The number of rotatable bonds is 2. The summed E-state index contributed by atoms with van der Waals surface area (Å²) >= 11 is 0. The van der Waals surface area contributed by atoms with Crippen LogP contribution in [0.3, 0.4) is 0 Å². The van der Waals surface area contributed by atoms with E-state index in [2.05, 4.69) is 10.1 Å². The third-order valence-electron chi connectivity index (χ3n) is 1.75. The SMILES string of the molecule is CC(=O)Nc1ccc(F)cc1C(=O)OC(C)=O. The maximum absolute atomic E-state index is 13.0. The Labute approximate surface area is 96.6 Å². The standard InChI is InChI=1S/C11H10FNO4/c1-6(14)13-10-4-3-8(12)5-9(10)11(16)17-7(2)15/h3-5H,1-2H3,(H,13,14). The Morgan fingerprint density at radius 3 is 2.41 bits per heavy atom. The Morgan fingerprint density at radius 2 is 1.88 bits per heavy atom. The van der Waals surface area contributed by atoms with Crippen molar-refractivity contribution in [1.29, 1.82) is 0 Å². The molecular weight excluding hydrogens is 229 g/mol. The molecule has 0 spiro atoms. The minimum atomic E-state index is -1.01. The number of carbonyl (C=O) groups is 3. The highest BCUT2D eigenvalue weighted by Gasteiger charge is 2.16. The fourth-order valence-electron chi connectivity index (χ4n) is 1.17. The van der Waals surface area contributed by atoms with Gasteiger partial charge in [-0.1, -0.05) is 0 Å². The second-order valence-electron chi connectivity index (χ2n) is 3.25. The van der Waals surface area contributed by atoms with Gasteiger partial charge in [0.15, 0.2) is 0 Å². The lowest BCUT2D eigenvalue weighted by molar-refractivity contribution is -0.135. The maximum atomic E-state index is 13.0. The van der Waals surface area contributed by atoms with Crippen molar-refractivity contribution in [3.05, 3.63) is 29.6 Å². The van der Waals surface area contributed by atoms with Crippen LogP contribution in [0.2, 0.25) is 0 Å². The van der Waals surface area contributed by atoms with Crippen molar-refractivity contribution in [1.82, 2.24) is 0 Å². The van der Waals surface area contributed by atoms with E-state index in [0.717, 1.165) is 19.1 Å². The number of benzene rings is 1. The fourth-order valence-corrected chi connectivity index (χ4v) is 1.17. The van der Waals surface area contributed by atoms with Crippen LogP contribution in [0.25, 0.3) is 0 Å². The van der Waals surface area contributed by atoms with Crippen LogP contribution in [0.1, 0.15) is 24.2 Å². The van der Waals surface area contributed by atoms with Gasteiger partial charge in [0.2, 0.25) is 5.91 Å². The molecule has 1 aromatic rings. The predicted octanol–water partition coefficient (Wildman–Crippen LogP) is 1.49. The average Bonchev–Trinajstić information content (AvgIpc) is 2.19. The molecule has 0 atom stereocenters. The van der Waals surface area contributed by atoms with Crippen molar-refractivity contribution in [3.8, 4) is 0 Å². The lowest BCUT2D eigenvalue weighted by atomic mass is 10.1. The molecule has 0 aliphatic rings. The van der Waals surface area contributed by atoms with Crippen LogP contribution in [0.5, 0.6) is 0 Å². The average molecular weight is 239 g/mol. The van der Waals surface area contributed by atoms with Crippen LogP contribution < -0.4 is 5.32 Å². The number of esters is 2. The van der Waals surface area contributed by atoms with Crippen molar-refractivity contribution in [2.24, 2.45) is 0 Å². The Morgan fingerprint density at radius 1 is 1.24 bits per heavy atom. The molecule has 1 rings (SSSR count). The third-order valence-corrected chi connectivity index (χ3v) is 1.75. The summed E-state index contributed by atoms with van der Waals surface area (Å²) in [6, 6.07) is 3.18. The van der Waals surface area contributed by atoms with E-state index in [1.165, 1.54) is 13.0 Å². The smallest absolute Gasteiger partial charge is 0.348 e. The molecule has 0 radical (unpaired) electrons. The molecule has 0 heterocycles. The molecule has 1 N–H and O–H groups in total. The van der Waals surface area contributed by atoms with Crippen LogP contribution in [-0.2, 0) is 14.3 Å². The highest BCUT2D eigenvalue weighted by Crippen LogP contribution is 2.18. The molecule has 0 saturated heterocycles. The highest BCUT2D eigenvalue weighted by atomic mass is 19.1. The van der Waals surface area contributed by atoms with Gasteiger partial charge in [-0.2, -0.15) is 0 Å². The monoisotopic (exact) mass is 239 g/mol. The molecule has 1 aromatic carbocycles. The van der Waals surface area contributed by atoms with E-state index in [1.807, 2.05) is 0 Å². The maximum Gasteiger partial charge on any atom is 0.348 e. The van der Waals surface area contributed by atoms with Crippen LogP contribution in [0.15, 0.2) is 18.2 Å². The van der Waals surface area contributed by atoms with Crippen LogP contribution in [0, 0.1) is 5.82 Å². The molecule has 17 heavy (non-hydrogen) atoms. The molecule has 0 bridgehead atoms. The molecule has 90 valence electrons. The van der Waals surface area contributed by atoms with Gasteiger partial charge in [0.1, 0.15) is 5.82 Å². The van der Waals surface area contributed by atoms with E-state index in [-0.39, 0.29) is 11.3 Å². The van der Waals surface area contributed by atoms with Gasteiger partial charge in [-0.05, 0) is 18.2 Å². The van der Waals surface area contributed by atoms with Gasteiger partial charge in [0.25, 0.3) is 0 Å². The molecular formula is C11H10FNO4. The summed E-state index contributed by atoms with van der Waals surface area (Å²) in [7, 11) is 0. The zero-order valence-corrected chi connectivity index (χ0v) is 9.24. The van der Waals surface area contributed by atoms with Crippen LogP contribution in [0.4, 0.5) is 10.1 Å². The summed E-state index contributed by atoms with van der Waals surface area (Å²) in [4.78, 5) is 32.9. The first-order valence-corrected chi connectivity index (χ1v) is 4.70. The van der Waals surface area contributed by atoms with Gasteiger partial charge in [-0.3, -0.25) is 9.59 Å². The first-order valence-electron chi connectivity index (χ1n) is 4.70. The summed E-state index contributed by atoms with van der Waals surface area (Å²) in [5.41, 5.74) is -0.124. The topological polar surface area (TPSA) is 72.5 Å².